The van der Waals surface area contributed by atoms with Gasteiger partial charge >= 0.3 is 0 Å². The minimum atomic E-state index is 0.157. The van der Waals surface area contributed by atoms with Crippen LogP contribution in [0.2, 0.25) is 0 Å². The Kier molecular flexibility index (Phi) is 10.4. The summed E-state index contributed by atoms with van der Waals surface area (Å²) >= 11 is 0. The second-order valence-electron chi connectivity index (χ2n) is 2.33. The van der Waals surface area contributed by atoms with Gasteiger partial charge in [0.15, 0.2) is 0 Å². The van der Waals surface area contributed by atoms with Crippen molar-refractivity contribution in [2.75, 3.05) is 6.61 Å². The van der Waals surface area contributed by atoms with Gasteiger partial charge in [0.1, 0.15) is 6.29 Å². The lowest BCUT2D eigenvalue weighted by Gasteiger charge is -1.78. The fourth-order valence-corrected chi connectivity index (χ4v) is 0.596. The Labute approximate surface area is 90.0 Å². The molecule has 0 aliphatic carbocycles. The summed E-state index contributed by atoms with van der Waals surface area (Å²) in [4.78, 5) is 9.84. The molecule has 0 aromatic rings. The van der Waals surface area contributed by atoms with Crippen LogP contribution in [0.4, 0.5) is 0 Å². The van der Waals surface area contributed by atoms with Crippen LogP contribution in [0, 0.1) is 23.7 Å². The monoisotopic (exact) mass is 200 g/mol. The number of carbonyl (C=O) groups is 1. The molecule has 0 rings (SSSR count). The molecule has 0 aliphatic rings. The number of hydrogen-bond donors (Lipinski definition) is 1. The highest BCUT2D eigenvalue weighted by Gasteiger charge is 1.68. The van der Waals surface area contributed by atoms with E-state index in [1.807, 2.05) is 12.2 Å². The molecule has 0 amide bonds. The molecule has 76 valence electrons. The van der Waals surface area contributed by atoms with Gasteiger partial charge in [0, 0.05) is 6.61 Å². The Morgan fingerprint density at radius 1 is 1.00 bits per heavy atom. The molecule has 0 aliphatic heterocycles. The Hall–Kier alpha value is -2.03. The van der Waals surface area contributed by atoms with E-state index in [9.17, 15) is 4.79 Å². The zero-order valence-electron chi connectivity index (χ0n) is 8.31. The van der Waals surface area contributed by atoms with E-state index in [0.717, 1.165) is 0 Å². The number of aldehydes is 1. The van der Waals surface area contributed by atoms with Gasteiger partial charge in [-0.3, -0.25) is 4.79 Å². The highest BCUT2D eigenvalue weighted by Crippen LogP contribution is 1.81. The van der Waals surface area contributed by atoms with E-state index in [0.29, 0.717) is 12.7 Å². The van der Waals surface area contributed by atoms with E-state index < -0.39 is 0 Å². The average Bonchev–Trinajstić information content (AvgIpc) is 2.26. The number of allylic oxidation sites excluding steroid dienone is 5. The zero-order valence-corrected chi connectivity index (χ0v) is 8.31. The number of rotatable bonds is 4. The topological polar surface area (TPSA) is 37.3 Å². The molecule has 0 aromatic heterocycles. The van der Waals surface area contributed by atoms with Crippen molar-refractivity contribution in [1.29, 1.82) is 0 Å². The minimum Gasteiger partial charge on any atom is -0.396 e. The molecular formula is C13H12O2. The third-order valence-electron chi connectivity index (χ3n) is 1.19. The zero-order chi connectivity index (χ0) is 11.2. The summed E-state index contributed by atoms with van der Waals surface area (Å²) in [6.45, 7) is 0.157. The van der Waals surface area contributed by atoms with E-state index in [4.69, 9.17) is 5.11 Å². The maximum atomic E-state index is 9.84. The molecule has 0 saturated heterocycles. The molecule has 0 fully saturated rings. The summed E-state index contributed by atoms with van der Waals surface area (Å²) in [5.74, 6) is 10.4. The van der Waals surface area contributed by atoms with Crippen LogP contribution in [-0.4, -0.2) is 18.0 Å². The predicted octanol–water partition coefficient (Wildman–Crippen LogP) is 1.24. The molecule has 0 radical (unpaired) electrons. The van der Waals surface area contributed by atoms with Crippen LogP contribution < -0.4 is 0 Å². The number of hydrogen-bond acceptors (Lipinski definition) is 2. The van der Waals surface area contributed by atoms with Crippen LogP contribution in [0.3, 0.4) is 0 Å². The van der Waals surface area contributed by atoms with Crippen LogP contribution in [0.1, 0.15) is 6.42 Å². The largest absolute Gasteiger partial charge is 0.396 e. The van der Waals surface area contributed by atoms with Crippen molar-refractivity contribution in [2.24, 2.45) is 0 Å². The first-order valence-electron chi connectivity index (χ1n) is 4.45. The Balaban J connectivity index is 3.82. The molecule has 0 spiro atoms. The lowest BCUT2D eigenvalue weighted by Crippen LogP contribution is -1.73. The minimum absolute atomic E-state index is 0.157. The molecule has 0 heterocycles. The van der Waals surface area contributed by atoms with Crippen LogP contribution >= 0.6 is 0 Å². The summed E-state index contributed by atoms with van der Waals surface area (Å²) < 4.78 is 0. The van der Waals surface area contributed by atoms with Crippen LogP contribution in [-0.2, 0) is 4.79 Å². The van der Waals surface area contributed by atoms with E-state index in [1.165, 1.54) is 12.2 Å². The van der Waals surface area contributed by atoms with E-state index in [1.54, 1.807) is 12.2 Å². The molecule has 0 bridgehead atoms. The maximum absolute atomic E-state index is 9.84. The molecule has 1 N–H and O–H groups in total. The first-order chi connectivity index (χ1) is 7.41. The first kappa shape index (κ1) is 13.0. The summed E-state index contributed by atoms with van der Waals surface area (Å²) in [6, 6.07) is 0. The van der Waals surface area contributed by atoms with Crippen LogP contribution in [0.25, 0.3) is 0 Å². The van der Waals surface area contributed by atoms with Crippen molar-refractivity contribution < 1.29 is 9.90 Å². The molecule has 0 saturated carbocycles. The SMILES string of the molecule is O=C/C=C/C#CC#C/C=C/C=C/CCO. The van der Waals surface area contributed by atoms with Gasteiger partial charge in [-0.15, -0.1) is 0 Å². The highest BCUT2D eigenvalue weighted by molar-refractivity contribution is 5.65. The lowest BCUT2D eigenvalue weighted by molar-refractivity contribution is -0.104. The highest BCUT2D eigenvalue weighted by atomic mass is 16.2. The van der Waals surface area contributed by atoms with Gasteiger partial charge < -0.3 is 5.11 Å². The number of carbonyl (C=O) groups excluding carboxylic acids is 1. The van der Waals surface area contributed by atoms with Gasteiger partial charge in [0.05, 0.1) is 0 Å². The summed E-state index contributed by atoms with van der Waals surface area (Å²) in [7, 11) is 0. The van der Waals surface area contributed by atoms with Crippen molar-refractivity contribution >= 4 is 6.29 Å². The average molecular weight is 200 g/mol. The Bertz CT molecular complexity index is 365. The third kappa shape index (κ3) is 12.0. The Morgan fingerprint density at radius 3 is 2.27 bits per heavy atom. The molecule has 2 heteroatoms. The van der Waals surface area contributed by atoms with Gasteiger partial charge in [-0.2, -0.15) is 0 Å². The van der Waals surface area contributed by atoms with Gasteiger partial charge in [-0.1, -0.05) is 30.1 Å². The molecule has 2 nitrogen and oxygen atoms in total. The summed E-state index contributed by atoms with van der Waals surface area (Å²) in [6.07, 6.45) is 11.1. The standard InChI is InChI=1S/C13H12O2/c14-12-10-8-6-4-2-1-3-5-7-9-11-13-15/h2,4,6,8-9,11,13-14H,10,12H2/b4-2+,8-6+,11-9+. The summed E-state index contributed by atoms with van der Waals surface area (Å²) in [5.41, 5.74) is 0. The molecular weight excluding hydrogens is 188 g/mol. The lowest BCUT2D eigenvalue weighted by atomic mass is 10.3. The van der Waals surface area contributed by atoms with Crippen molar-refractivity contribution in [3.8, 4) is 23.7 Å². The molecule has 0 atom stereocenters. The molecule has 15 heavy (non-hydrogen) atoms. The van der Waals surface area contributed by atoms with Crippen molar-refractivity contribution in [2.45, 2.75) is 6.42 Å². The van der Waals surface area contributed by atoms with Crippen molar-refractivity contribution in [1.82, 2.24) is 0 Å². The normalized spacial score (nSPS) is 9.93. The van der Waals surface area contributed by atoms with Crippen molar-refractivity contribution in [3.05, 3.63) is 36.5 Å². The summed E-state index contributed by atoms with van der Waals surface area (Å²) in [5, 5.41) is 8.46. The van der Waals surface area contributed by atoms with Gasteiger partial charge in [0.2, 0.25) is 0 Å². The first-order valence-corrected chi connectivity index (χ1v) is 4.45. The van der Waals surface area contributed by atoms with Gasteiger partial charge in [-0.25, -0.2) is 0 Å². The van der Waals surface area contributed by atoms with Crippen molar-refractivity contribution in [3.63, 3.8) is 0 Å². The number of aliphatic hydroxyl groups is 1. The van der Waals surface area contributed by atoms with E-state index >= 15 is 0 Å². The van der Waals surface area contributed by atoms with Crippen LogP contribution in [0.15, 0.2) is 36.5 Å². The second kappa shape index (κ2) is 12.0. The molecule has 0 aromatic carbocycles. The van der Waals surface area contributed by atoms with Gasteiger partial charge in [-0.05, 0) is 36.5 Å². The third-order valence-corrected chi connectivity index (χ3v) is 1.19. The van der Waals surface area contributed by atoms with Crippen LogP contribution in [0.5, 0.6) is 0 Å². The quantitative estimate of drug-likeness (QED) is 0.321. The van der Waals surface area contributed by atoms with E-state index in [-0.39, 0.29) is 6.61 Å². The fourth-order valence-electron chi connectivity index (χ4n) is 0.596. The predicted molar refractivity (Wildman–Crippen MR) is 60.7 cm³/mol. The maximum Gasteiger partial charge on any atom is 0.143 e. The molecule has 0 unspecified atom stereocenters. The Morgan fingerprint density at radius 2 is 1.67 bits per heavy atom. The van der Waals surface area contributed by atoms with Gasteiger partial charge in [0.25, 0.3) is 0 Å². The van der Waals surface area contributed by atoms with E-state index in [2.05, 4.69) is 23.7 Å². The fraction of sp³-hybridized carbons (Fsp3) is 0.154. The smallest absolute Gasteiger partial charge is 0.143 e. The second-order valence-corrected chi connectivity index (χ2v) is 2.33. The number of aliphatic hydroxyl groups excluding tert-OH is 1.